The van der Waals surface area contributed by atoms with Crippen molar-refractivity contribution in [3.05, 3.63) is 72.1 Å². The monoisotopic (exact) mass is 341 g/mol. The van der Waals surface area contributed by atoms with Crippen molar-refractivity contribution >= 4 is 22.3 Å². The zero-order valence-corrected chi connectivity index (χ0v) is 13.3. The van der Waals surface area contributed by atoms with Gasteiger partial charge < -0.3 is 4.90 Å². The molecule has 1 atom stereocenters. The van der Waals surface area contributed by atoms with Crippen LogP contribution in [-0.4, -0.2) is 24.0 Å². The number of pyridine rings is 1. The first kappa shape index (κ1) is 15.6. The minimum Gasteiger partial charge on any atom is -0.328 e. The average molecular weight is 341 g/mol. The second kappa shape index (κ2) is 5.58. The largest absolute Gasteiger partial charge is 0.415 e. The smallest absolute Gasteiger partial charge is 0.328 e. The van der Waals surface area contributed by atoms with Crippen LogP contribution in [0.5, 0.6) is 0 Å². The van der Waals surface area contributed by atoms with E-state index in [1.807, 2.05) is 24.3 Å². The molecule has 126 valence electrons. The lowest BCUT2D eigenvalue weighted by molar-refractivity contribution is -0.148. The van der Waals surface area contributed by atoms with E-state index in [1.54, 1.807) is 36.3 Å². The van der Waals surface area contributed by atoms with Crippen LogP contribution in [0.4, 0.5) is 18.9 Å². The number of halogens is 3. The van der Waals surface area contributed by atoms with Gasteiger partial charge in [-0.05, 0) is 17.5 Å². The molecule has 4 rings (SSSR count). The molecule has 1 aromatic heterocycles. The number of hydrogen-bond donors (Lipinski definition) is 0. The van der Waals surface area contributed by atoms with Gasteiger partial charge in [-0.3, -0.25) is 4.98 Å². The molecule has 1 aliphatic heterocycles. The Labute approximate surface area is 142 Å². The van der Waals surface area contributed by atoms with Gasteiger partial charge in [-0.2, -0.15) is 13.2 Å². The van der Waals surface area contributed by atoms with Gasteiger partial charge in [-0.25, -0.2) is 4.99 Å². The molecule has 0 saturated heterocycles. The fraction of sp³-hybridized carbons (Fsp3) is 0.158. The van der Waals surface area contributed by atoms with Crippen molar-refractivity contribution in [2.45, 2.75) is 12.2 Å². The number of anilines is 1. The lowest BCUT2D eigenvalue weighted by Gasteiger charge is -2.34. The Morgan fingerprint density at radius 1 is 1.00 bits per heavy atom. The normalized spacial score (nSPS) is 17.4. The summed E-state index contributed by atoms with van der Waals surface area (Å²) in [5.41, 5.74) is 1.26. The molecule has 25 heavy (non-hydrogen) atoms. The van der Waals surface area contributed by atoms with Crippen molar-refractivity contribution in [2.24, 2.45) is 4.99 Å². The van der Waals surface area contributed by atoms with Crippen LogP contribution < -0.4 is 4.90 Å². The molecule has 3 nitrogen and oxygen atoms in total. The molecule has 6 heteroatoms. The van der Waals surface area contributed by atoms with Crippen LogP contribution >= 0.6 is 0 Å². The second-order valence-electron chi connectivity index (χ2n) is 5.92. The van der Waals surface area contributed by atoms with Gasteiger partial charge in [-0.15, -0.1) is 0 Å². The minimum absolute atomic E-state index is 0.168. The quantitative estimate of drug-likeness (QED) is 0.640. The zero-order valence-electron chi connectivity index (χ0n) is 13.3. The first-order valence-electron chi connectivity index (χ1n) is 7.77. The molecule has 0 N–H and O–H groups in total. The van der Waals surface area contributed by atoms with Gasteiger partial charge >= 0.3 is 6.18 Å². The first-order valence-corrected chi connectivity index (χ1v) is 7.77. The molecule has 3 aromatic rings. The number of benzene rings is 2. The molecule has 0 amide bonds. The summed E-state index contributed by atoms with van der Waals surface area (Å²) in [5.74, 6) is 0.263. The molecular formula is C19H14F3N3. The molecular weight excluding hydrogens is 327 g/mol. The van der Waals surface area contributed by atoms with Crippen molar-refractivity contribution in [1.82, 2.24) is 4.98 Å². The predicted octanol–water partition coefficient (Wildman–Crippen LogP) is 4.73. The summed E-state index contributed by atoms with van der Waals surface area (Å²) in [4.78, 5) is 9.76. The SMILES string of the molecule is CN1C(c2cccnc2)=NC(C(F)(F)F)c2ccc3ccccc3c21. The molecule has 0 radical (unpaired) electrons. The number of nitrogens with zero attached hydrogens (tertiary/aromatic N) is 3. The number of alkyl halides is 3. The highest BCUT2D eigenvalue weighted by Crippen LogP contribution is 2.46. The maximum absolute atomic E-state index is 13.7. The van der Waals surface area contributed by atoms with Crippen molar-refractivity contribution in [2.75, 3.05) is 11.9 Å². The van der Waals surface area contributed by atoms with Gasteiger partial charge in [0, 0.05) is 36.0 Å². The van der Waals surface area contributed by atoms with E-state index in [2.05, 4.69) is 9.98 Å². The van der Waals surface area contributed by atoms with E-state index in [0.717, 1.165) is 10.8 Å². The molecule has 0 aliphatic carbocycles. The third kappa shape index (κ3) is 2.54. The van der Waals surface area contributed by atoms with Crippen LogP contribution in [0.15, 0.2) is 65.9 Å². The topological polar surface area (TPSA) is 28.5 Å². The van der Waals surface area contributed by atoms with Crippen molar-refractivity contribution < 1.29 is 13.2 Å². The van der Waals surface area contributed by atoms with Gasteiger partial charge in [0.2, 0.25) is 0 Å². The van der Waals surface area contributed by atoms with Crippen LogP contribution in [0.2, 0.25) is 0 Å². The standard InChI is InChI=1S/C19H14F3N3/c1-25-16-14-7-3-2-5-12(14)8-9-15(16)17(19(20,21)22)24-18(25)13-6-4-10-23-11-13/h2-11,17H,1H3. The Morgan fingerprint density at radius 2 is 1.80 bits per heavy atom. The van der Waals surface area contributed by atoms with Crippen molar-refractivity contribution in [3.8, 4) is 0 Å². The fourth-order valence-electron chi connectivity index (χ4n) is 3.26. The van der Waals surface area contributed by atoms with E-state index >= 15 is 0 Å². The zero-order chi connectivity index (χ0) is 17.6. The van der Waals surface area contributed by atoms with Gasteiger partial charge in [-0.1, -0.05) is 36.4 Å². The Kier molecular flexibility index (Phi) is 3.49. The minimum atomic E-state index is -4.47. The number of hydrogen-bond acceptors (Lipinski definition) is 3. The first-order chi connectivity index (χ1) is 12.0. The summed E-state index contributed by atoms with van der Waals surface area (Å²) in [6, 6.07) is 12.2. The van der Waals surface area contributed by atoms with Gasteiger partial charge in [0.15, 0.2) is 6.04 Å². The van der Waals surface area contributed by atoms with Crippen molar-refractivity contribution in [3.63, 3.8) is 0 Å². The van der Waals surface area contributed by atoms with Crippen LogP contribution in [0.25, 0.3) is 10.8 Å². The Bertz CT molecular complexity index is 965. The van der Waals surface area contributed by atoms with Gasteiger partial charge in [0.25, 0.3) is 0 Å². The highest BCUT2D eigenvalue weighted by molar-refractivity contribution is 6.15. The average Bonchev–Trinajstić information content (AvgIpc) is 2.61. The number of aliphatic imine (C=N–C) groups is 1. The maximum Gasteiger partial charge on any atom is 0.415 e. The lowest BCUT2D eigenvalue weighted by atomic mass is 9.95. The second-order valence-corrected chi connectivity index (χ2v) is 5.92. The summed E-state index contributed by atoms with van der Waals surface area (Å²) in [7, 11) is 1.74. The number of aromatic nitrogens is 1. The predicted molar refractivity (Wildman–Crippen MR) is 91.9 cm³/mol. The summed E-state index contributed by atoms with van der Waals surface area (Å²) in [6.07, 6.45) is -1.36. The third-order valence-corrected chi connectivity index (χ3v) is 4.36. The van der Waals surface area contributed by atoms with Crippen LogP contribution in [0.3, 0.4) is 0 Å². The van der Waals surface area contributed by atoms with E-state index in [-0.39, 0.29) is 11.4 Å². The third-order valence-electron chi connectivity index (χ3n) is 4.36. The Morgan fingerprint density at radius 3 is 2.52 bits per heavy atom. The number of rotatable bonds is 1. The highest BCUT2D eigenvalue weighted by Gasteiger charge is 2.45. The molecule has 0 saturated carbocycles. The van der Waals surface area contributed by atoms with Crippen LogP contribution in [-0.2, 0) is 0 Å². The van der Waals surface area contributed by atoms with Gasteiger partial charge in [0.1, 0.15) is 5.84 Å². The summed E-state index contributed by atoms with van der Waals surface area (Å²) < 4.78 is 41.1. The summed E-state index contributed by atoms with van der Waals surface area (Å²) in [6.45, 7) is 0. The summed E-state index contributed by atoms with van der Waals surface area (Å²) in [5, 5.41) is 1.66. The molecule has 1 unspecified atom stereocenters. The number of fused-ring (bicyclic) bond motifs is 3. The van der Waals surface area contributed by atoms with Crippen LogP contribution in [0, 0.1) is 0 Å². The van der Waals surface area contributed by atoms with E-state index in [1.165, 1.54) is 12.3 Å². The van der Waals surface area contributed by atoms with E-state index < -0.39 is 12.2 Å². The molecule has 0 bridgehead atoms. The highest BCUT2D eigenvalue weighted by atomic mass is 19.4. The molecule has 2 aromatic carbocycles. The molecule has 1 aliphatic rings. The van der Waals surface area contributed by atoms with Crippen LogP contribution in [0.1, 0.15) is 17.2 Å². The van der Waals surface area contributed by atoms with Crippen molar-refractivity contribution in [1.29, 1.82) is 0 Å². The fourth-order valence-corrected chi connectivity index (χ4v) is 3.26. The summed E-state index contributed by atoms with van der Waals surface area (Å²) >= 11 is 0. The Hall–Kier alpha value is -2.89. The molecule has 0 spiro atoms. The van der Waals surface area contributed by atoms with E-state index in [0.29, 0.717) is 11.3 Å². The van der Waals surface area contributed by atoms with E-state index in [9.17, 15) is 13.2 Å². The number of amidine groups is 1. The lowest BCUT2D eigenvalue weighted by Crippen LogP contribution is -2.36. The Balaban J connectivity index is 2.01. The molecule has 0 fully saturated rings. The maximum atomic E-state index is 13.7. The van der Waals surface area contributed by atoms with E-state index in [4.69, 9.17) is 0 Å². The van der Waals surface area contributed by atoms with Gasteiger partial charge in [0.05, 0.1) is 5.69 Å². The molecule has 2 heterocycles.